The third-order valence-electron chi connectivity index (χ3n) is 7.53. The predicted octanol–water partition coefficient (Wildman–Crippen LogP) is 2.60. The number of aliphatic hydroxyl groups excluding tert-OH is 1. The molecule has 0 aliphatic heterocycles. The maximum atomic E-state index is 11.1. The third-order valence-corrected chi connectivity index (χ3v) is 7.53. The molecule has 3 aromatic carbocycles. The van der Waals surface area contributed by atoms with Gasteiger partial charge in [0.2, 0.25) is 30.3 Å². The first-order chi connectivity index (χ1) is 32.7. The van der Waals surface area contributed by atoms with Gasteiger partial charge >= 0.3 is 35.5 Å². The molecule has 0 spiro atoms. The summed E-state index contributed by atoms with van der Waals surface area (Å²) >= 11 is 0. The normalized spacial score (nSPS) is 9.67. The number of methoxy groups -OCH3 is 7. The van der Waals surface area contributed by atoms with E-state index in [0.717, 1.165) is 22.9 Å². The Morgan fingerprint density at radius 2 is 1.13 bits per heavy atom. The van der Waals surface area contributed by atoms with Crippen molar-refractivity contribution >= 4 is 40.7 Å². The molecule has 0 radical (unpaired) electrons. The molecule has 69 heavy (non-hydrogen) atoms. The van der Waals surface area contributed by atoms with Crippen molar-refractivity contribution in [3.05, 3.63) is 133 Å². The summed E-state index contributed by atoms with van der Waals surface area (Å²) in [5, 5.41) is 34.2. The number of aromatic carboxylic acids is 1. The SMILES string of the molecule is C=C(N)Nc1ccccc1OC.CCO.CC[O-].COC(OC)C(=O)/C=C/N(C)C.COc1ccccc1Nc1nccc(C(=O)O)n1.COc1ccccc1Nc1nccc(C(OC)OC)n1.[Na+]. The Hall–Kier alpha value is -6.40. The molecule has 0 atom stereocenters. The van der Waals surface area contributed by atoms with E-state index in [0.29, 0.717) is 28.9 Å². The molecule has 0 amide bonds. The second-order valence-electron chi connectivity index (χ2n) is 12.8. The number of aromatic nitrogens is 4. The molecule has 2 aromatic heterocycles. The number of hydrogen-bond donors (Lipinski definition) is 6. The molecule has 2 heterocycles. The van der Waals surface area contributed by atoms with E-state index in [1.54, 1.807) is 84.9 Å². The van der Waals surface area contributed by atoms with Crippen LogP contribution in [-0.4, -0.2) is 130 Å². The fourth-order valence-corrected chi connectivity index (χ4v) is 4.73. The standard InChI is InChI=1S/C14H17N3O3.C12H11N3O3.C9H12N2O.C8H15NO3.C2H6O.C2H5O.Na/c1-18-12-7-5-4-6-10(12)16-14-15-9-8-11(17-14)13(19-2)20-3;1-18-10-5-3-2-4-8(10)14-12-13-7-6-9(15-12)11(16)17;1-7(10)11-8-5-3-4-6-9(8)12-2;1-9(2)6-5-7(10)8(11-3)12-4;2*1-2-3;/h4-9,13H,1-3H3,(H,15,16,17);2-7H,1H3,(H,16,17)(H,13,14,15);3-6,11H,1,10H2,2H3;5-6,8H,1-4H3;3H,2H2,1H3;2H2,1H3;/q;;;;;-1;+1/b;;;6-5+;;;. The number of carboxylic acids is 1. The Morgan fingerprint density at radius 3 is 1.52 bits per heavy atom. The van der Waals surface area contributed by atoms with E-state index in [-0.39, 0.29) is 60.2 Å². The number of carbonyl (C=O) groups is 2. The molecule has 21 nitrogen and oxygen atoms in total. The van der Waals surface area contributed by atoms with Crippen LogP contribution in [0.3, 0.4) is 0 Å². The predicted molar refractivity (Wildman–Crippen MR) is 259 cm³/mol. The average Bonchev–Trinajstić information content (AvgIpc) is 3.33. The first-order valence-electron chi connectivity index (χ1n) is 20.4. The van der Waals surface area contributed by atoms with E-state index < -0.39 is 18.5 Å². The van der Waals surface area contributed by atoms with Gasteiger partial charge in [-0.2, -0.15) is 0 Å². The summed E-state index contributed by atoms with van der Waals surface area (Å²) < 4.78 is 35.4. The molecule has 0 fully saturated rings. The number of nitrogens with two attached hydrogens (primary N) is 1. The maximum absolute atomic E-state index is 11.1. The fraction of sp³-hybridized carbons (Fsp3) is 0.319. The number of para-hydroxylation sites is 6. The average molecular weight is 972 g/mol. The first-order valence-corrected chi connectivity index (χ1v) is 20.4. The molecule has 0 unspecified atom stereocenters. The van der Waals surface area contributed by atoms with Gasteiger partial charge in [0.1, 0.15) is 22.9 Å². The summed E-state index contributed by atoms with van der Waals surface area (Å²) in [4.78, 5) is 40.0. The molecule has 5 rings (SSSR count). The van der Waals surface area contributed by atoms with E-state index in [4.69, 9.17) is 54.2 Å². The van der Waals surface area contributed by atoms with Crippen molar-refractivity contribution in [1.82, 2.24) is 24.8 Å². The van der Waals surface area contributed by atoms with Crippen molar-refractivity contribution in [3.63, 3.8) is 0 Å². The van der Waals surface area contributed by atoms with Gasteiger partial charge in [-0.05, 0) is 55.5 Å². The Kier molecular flexibility index (Phi) is 37.1. The van der Waals surface area contributed by atoms with Crippen LogP contribution in [0.25, 0.3) is 0 Å². The Balaban J connectivity index is 0. The number of carboxylic acid groups (broad SMARTS) is 1. The van der Waals surface area contributed by atoms with Crippen LogP contribution in [0.15, 0.2) is 122 Å². The Labute approximate surface area is 427 Å². The van der Waals surface area contributed by atoms with Gasteiger partial charge in [-0.3, -0.25) is 4.79 Å². The van der Waals surface area contributed by atoms with Crippen molar-refractivity contribution in [2.75, 3.05) is 93.0 Å². The summed E-state index contributed by atoms with van der Waals surface area (Å²) in [6.07, 6.45) is 4.78. The van der Waals surface area contributed by atoms with E-state index in [1.165, 1.54) is 32.6 Å². The van der Waals surface area contributed by atoms with Crippen molar-refractivity contribution in [3.8, 4) is 17.2 Å². The largest absolute Gasteiger partial charge is 1.00 e. The summed E-state index contributed by atoms with van der Waals surface area (Å²) in [6.45, 7) is 7.04. The van der Waals surface area contributed by atoms with E-state index in [1.807, 2.05) is 74.8 Å². The van der Waals surface area contributed by atoms with Gasteiger partial charge in [-0.15, -0.1) is 6.61 Å². The number of nitrogens with one attached hydrogen (secondary N) is 3. The van der Waals surface area contributed by atoms with Crippen LogP contribution >= 0.6 is 0 Å². The van der Waals surface area contributed by atoms with Crippen LogP contribution in [0.4, 0.5) is 29.0 Å². The summed E-state index contributed by atoms with van der Waals surface area (Å²) in [7, 11) is 14.4. The quantitative estimate of drug-likeness (QED) is 0.0418. The Morgan fingerprint density at radius 1 is 0.725 bits per heavy atom. The second-order valence-corrected chi connectivity index (χ2v) is 12.8. The van der Waals surface area contributed by atoms with Gasteiger partial charge in [0.15, 0.2) is 5.69 Å². The molecule has 0 saturated carbocycles. The first kappa shape index (κ1) is 64.7. The molecule has 0 aliphatic carbocycles. The monoisotopic (exact) mass is 971 g/mol. The minimum atomic E-state index is -1.10. The number of rotatable bonds is 18. The minimum Gasteiger partial charge on any atom is -0.855 e. The van der Waals surface area contributed by atoms with Gasteiger partial charge in [0.05, 0.1) is 44.2 Å². The smallest absolute Gasteiger partial charge is 0.855 e. The summed E-state index contributed by atoms with van der Waals surface area (Å²) in [5.41, 5.74) is 8.25. The number of anilines is 5. The molecule has 372 valence electrons. The molecule has 7 N–H and O–H groups in total. The summed E-state index contributed by atoms with van der Waals surface area (Å²) in [6, 6.07) is 25.4. The molecular formula is C47H66N9NaO12. The maximum Gasteiger partial charge on any atom is 1.00 e. The van der Waals surface area contributed by atoms with Crippen molar-refractivity contribution < 1.29 is 87.6 Å². The van der Waals surface area contributed by atoms with E-state index in [9.17, 15) is 9.59 Å². The van der Waals surface area contributed by atoms with Gasteiger partial charge in [0.25, 0.3) is 0 Å². The Bertz CT molecular complexity index is 2200. The molecule has 0 bridgehead atoms. The van der Waals surface area contributed by atoms with Gasteiger partial charge in [0, 0.05) is 73.8 Å². The van der Waals surface area contributed by atoms with Crippen molar-refractivity contribution in [1.29, 1.82) is 0 Å². The molecule has 22 heteroatoms. The number of carbonyl (C=O) groups excluding carboxylic acids is 1. The summed E-state index contributed by atoms with van der Waals surface area (Å²) in [5.74, 6) is 1.86. The van der Waals surface area contributed by atoms with Gasteiger partial charge in [-0.25, -0.2) is 24.7 Å². The van der Waals surface area contributed by atoms with Crippen LogP contribution in [0.2, 0.25) is 0 Å². The topological polar surface area (TPSA) is 279 Å². The number of ketones is 1. The third kappa shape index (κ3) is 27.3. The van der Waals surface area contributed by atoms with Gasteiger partial charge in [-0.1, -0.05) is 49.9 Å². The minimum absolute atomic E-state index is 0. The zero-order valence-corrected chi connectivity index (χ0v) is 43.5. The van der Waals surface area contributed by atoms with E-state index in [2.05, 4.69) is 42.5 Å². The number of ether oxygens (including phenoxy) is 7. The van der Waals surface area contributed by atoms with Crippen LogP contribution in [-0.2, 0) is 23.7 Å². The van der Waals surface area contributed by atoms with Crippen LogP contribution < -0.4 is 70.6 Å². The van der Waals surface area contributed by atoms with Crippen LogP contribution in [0.5, 0.6) is 17.2 Å². The van der Waals surface area contributed by atoms with Crippen molar-refractivity contribution in [2.24, 2.45) is 5.73 Å². The second kappa shape index (κ2) is 39.6. The molecular weight excluding hydrogens is 906 g/mol. The zero-order chi connectivity index (χ0) is 51.3. The van der Waals surface area contributed by atoms with E-state index >= 15 is 0 Å². The van der Waals surface area contributed by atoms with Crippen LogP contribution in [0.1, 0.15) is 36.3 Å². The number of benzene rings is 3. The van der Waals surface area contributed by atoms with Gasteiger partial charge < -0.3 is 75.1 Å². The number of aliphatic hydroxyl groups is 1. The fourth-order valence-electron chi connectivity index (χ4n) is 4.73. The van der Waals surface area contributed by atoms with Crippen molar-refractivity contribution in [2.45, 2.75) is 26.4 Å². The molecule has 0 aliphatic rings. The molecule has 0 saturated heterocycles. The number of hydrogen-bond acceptors (Lipinski definition) is 20. The number of nitrogens with zero attached hydrogens (tertiary/aromatic N) is 5. The molecule has 5 aromatic rings. The zero-order valence-electron chi connectivity index (χ0n) is 41.5. The van der Waals surface area contributed by atoms with Crippen LogP contribution in [0, 0.1) is 0 Å².